The molecule has 0 saturated carbocycles. The highest BCUT2D eigenvalue weighted by molar-refractivity contribution is 6.20. The highest BCUT2D eigenvalue weighted by Gasteiger charge is 2.11. The Morgan fingerprint density at radius 1 is 1.53 bits per heavy atom. The van der Waals surface area contributed by atoms with Crippen molar-refractivity contribution in [1.29, 1.82) is 0 Å². The number of nitrogens with zero attached hydrogens (tertiary/aromatic N) is 2. The SMILES string of the molecule is CC(Cl)c1nc(CCOCC(F)F)no1. The molecule has 1 heterocycles. The van der Waals surface area contributed by atoms with Crippen molar-refractivity contribution in [2.75, 3.05) is 13.2 Å². The van der Waals surface area contributed by atoms with Crippen LogP contribution in [0, 0.1) is 0 Å². The van der Waals surface area contributed by atoms with E-state index in [1.165, 1.54) is 0 Å². The second kappa shape index (κ2) is 5.97. The van der Waals surface area contributed by atoms with E-state index < -0.39 is 13.0 Å². The third-order valence-electron chi connectivity index (χ3n) is 1.54. The van der Waals surface area contributed by atoms with Gasteiger partial charge in [-0.15, -0.1) is 11.6 Å². The first-order valence-corrected chi connectivity index (χ1v) is 4.85. The minimum Gasteiger partial charge on any atom is -0.375 e. The zero-order valence-corrected chi connectivity index (χ0v) is 8.88. The molecule has 0 N–H and O–H groups in total. The van der Waals surface area contributed by atoms with Crippen LogP contribution >= 0.6 is 11.6 Å². The molecule has 0 amide bonds. The van der Waals surface area contributed by atoms with E-state index in [2.05, 4.69) is 14.9 Å². The maximum atomic E-state index is 11.7. The van der Waals surface area contributed by atoms with Gasteiger partial charge >= 0.3 is 0 Å². The molecule has 0 fully saturated rings. The largest absolute Gasteiger partial charge is 0.375 e. The van der Waals surface area contributed by atoms with E-state index in [9.17, 15) is 8.78 Å². The summed E-state index contributed by atoms with van der Waals surface area (Å²) >= 11 is 5.69. The molecule has 1 unspecified atom stereocenters. The molecule has 0 radical (unpaired) electrons. The lowest BCUT2D eigenvalue weighted by atomic mass is 10.4. The Hall–Kier alpha value is -0.750. The van der Waals surface area contributed by atoms with Crippen molar-refractivity contribution in [2.24, 2.45) is 0 Å². The van der Waals surface area contributed by atoms with E-state index >= 15 is 0 Å². The maximum Gasteiger partial charge on any atom is 0.261 e. The van der Waals surface area contributed by atoms with E-state index in [0.717, 1.165) is 0 Å². The molecule has 1 rings (SSSR count). The smallest absolute Gasteiger partial charge is 0.261 e. The van der Waals surface area contributed by atoms with Gasteiger partial charge in [0, 0.05) is 6.42 Å². The average Bonchev–Trinajstić information content (AvgIpc) is 2.60. The van der Waals surface area contributed by atoms with Gasteiger partial charge in [-0.3, -0.25) is 0 Å². The fraction of sp³-hybridized carbons (Fsp3) is 0.750. The fourth-order valence-electron chi connectivity index (χ4n) is 0.866. The number of ether oxygens (including phenoxy) is 1. The molecule has 7 heteroatoms. The molecule has 0 bridgehead atoms. The van der Waals surface area contributed by atoms with Gasteiger partial charge < -0.3 is 9.26 Å². The zero-order valence-electron chi connectivity index (χ0n) is 8.12. The summed E-state index contributed by atoms with van der Waals surface area (Å²) < 4.78 is 32.8. The number of hydrogen-bond acceptors (Lipinski definition) is 4. The molecule has 1 aromatic rings. The maximum absolute atomic E-state index is 11.7. The second-order valence-electron chi connectivity index (χ2n) is 2.88. The molecule has 0 spiro atoms. The van der Waals surface area contributed by atoms with Gasteiger partial charge in [-0.1, -0.05) is 5.16 Å². The van der Waals surface area contributed by atoms with Gasteiger partial charge in [0.25, 0.3) is 6.43 Å². The molecule has 0 saturated heterocycles. The predicted molar refractivity (Wildman–Crippen MR) is 49.1 cm³/mol. The van der Waals surface area contributed by atoms with Crippen molar-refractivity contribution in [2.45, 2.75) is 25.1 Å². The van der Waals surface area contributed by atoms with Crippen LogP contribution < -0.4 is 0 Å². The van der Waals surface area contributed by atoms with Crippen LogP contribution in [0.3, 0.4) is 0 Å². The highest BCUT2D eigenvalue weighted by atomic mass is 35.5. The molecule has 0 aliphatic heterocycles. The van der Waals surface area contributed by atoms with Crippen LogP contribution in [0.15, 0.2) is 4.52 Å². The van der Waals surface area contributed by atoms with Gasteiger partial charge in [0.15, 0.2) is 5.82 Å². The topological polar surface area (TPSA) is 48.2 Å². The fourth-order valence-corrected chi connectivity index (χ4v) is 0.955. The van der Waals surface area contributed by atoms with Crippen LogP contribution in [0.2, 0.25) is 0 Å². The van der Waals surface area contributed by atoms with Crippen molar-refractivity contribution in [1.82, 2.24) is 10.1 Å². The monoisotopic (exact) mass is 240 g/mol. The molecule has 4 nitrogen and oxygen atoms in total. The molecule has 0 aromatic carbocycles. The van der Waals surface area contributed by atoms with Crippen LogP contribution in [-0.2, 0) is 11.2 Å². The molecular formula is C8H11ClF2N2O2. The Morgan fingerprint density at radius 3 is 2.80 bits per heavy atom. The second-order valence-corrected chi connectivity index (χ2v) is 3.54. The Balaban J connectivity index is 2.26. The van der Waals surface area contributed by atoms with Crippen LogP contribution in [-0.4, -0.2) is 29.8 Å². The lowest BCUT2D eigenvalue weighted by molar-refractivity contribution is 0.0182. The number of alkyl halides is 3. The quantitative estimate of drug-likeness (QED) is 0.565. The molecule has 1 atom stereocenters. The first kappa shape index (κ1) is 12.3. The summed E-state index contributed by atoms with van der Waals surface area (Å²) in [4.78, 5) is 3.95. The van der Waals surface area contributed by atoms with Gasteiger partial charge in [-0.2, -0.15) is 4.98 Å². The van der Waals surface area contributed by atoms with Crippen LogP contribution in [0.4, 0.5) is 8.78 Å². The van der Waals surface area contributed by atoms with Crippen LogP contribution in [0.1, 0.15) is 24.0 Å². The first-order valence-electron chi connectivity index (χ1n) is 4.42. The van der Waals surface area contributed by atoms with Gasteiger partial charge in [0.1, 0.15) is 12.0 Å². The Kier molecular flexibility index (Phi) is 4.90. The molecule has 0 aliphatic rings. The average molecular weight is 241 g/mol. The molecule has 1 aromatic heterocycles. The normalized spacial score (nSPS) is 13.4. The molecule has 15 heavy (non-hydrogen) atoms. The summed E-state index contributed by atoms with van der Waals surface area (Å²) in [5, 5.41) is 3.26. The first-order chi connectivity index (χ1) is 7.09. The molecule has 0 aliphatic carbocycles. The Labute approximate surface area is 90.6 Å². The number of aromatic nitrogens is 2. The summed E-state index contributed by atoms with van der Waals surface area (Å²) in [5.74, 6) is 0.729. The van der Waals surface area contributed by atoms with Crippen molar-refractivity contribution in [3.05, 3.63) is 11.7 Å². The van der Waals surface area contributed by atoms with Crippen LogP contribution in [0.25, 0.3) is 0 Å². The van der Waals surface area contributed by atoms with Gasteiger partial charge in [0.05, 0.1) is 6.61 Å². The lowest BCUT2D eigenvalue weighted by Crippen LogP contribution is -2.07. The van der Waals surface area contributed by atoms with Crippen molar-refractivity contribution in [3.63, 3.8) is 0 Å². The van der Waals surface area contributed by atoms with Crippen molar-refractivity contribution < 1.29 is 18.0 Å². The van der Waals surface area contributed by atoms with Gasteiger partial charge in [0.2, 0.25) is 5.89 Å². The highest BCUT2D eigenvalue weighted by Crippen LogP contribution is 2.16. The predicted octanol–water partition coefficient (Wildman–Crippen LogP) is 2.19. The van der Waals surface area contributed by atoms with E-state index in [0.29, 0.717) is 18.1 Å². The molecule has 86 valence electrons. The third-order valence-corrected chi connectivity index (χ3v) is 1.72. The number of halogens is 3. The Morgan fingerprint density at radius 2 is 2.27 bits per heavy atom. The Bertz CT molecular complexity index is 294. The van der Waals surface area contributed by atoms with E-state index in [-0.39, 0.29) is 12.0 Å². The van der Waals surface area contributed by atoms with E-state index in [1.54, 1.807) is 6.92 Å². The summed E-state index contributed by atoms with van der Waals surface area (Å²) in [6, 6.07) is 0. The summed E-state index contributed by atoms with van der Waals surface area (Å²) in [6.07, 6.45) is -2.12. The number of hydrogen-bond donors (Lipinski definition) is 0. The number of rotatable bonds is 6. The lowest BCUT2D eigenvalue weighted by Gasteiger charge is -1.99. The molecular weight excluding hydrogens is 230 g/mol. The standard InChI is InChI=1S/C8H11ClF2N2O2/c1-5(9)8-12-7(13-15-8)2-3-14-4-6(10)11/h5-6H,2-4H2,1H3. The minimum absolute atomic E-state index is 0.139. The van der Waals surface area contributed by atoms with Gasteiger partial charge in [-0.05, 0) is 6.92 Å². The van der Waals surface area contributed by atoms with E-state index in [1.807, 2.05) is 0 Å². The van der Waals surface area contributed by atoms with E-state index in [4.69, 9.17) is 16.1 Å². The summed E-state index contributed by atoms with van der Waals surface area (Å²) in [5.41, 5.74) is 0. The van der Waals surface area contributed by atoms with Crippen molar-refractivity contribution >= 4 is 11.6 Å². The minimum atomic E-state index is -2.45. The zero-order chi connectivity index (χ0) is 11.3. The summed E-state index contributed by atoms with van der Waals surface area (Å²) in [7, 11) is 0. The van der Waals surface area contributed by atoms with Gasteiger partial charge in [-0.25, -0.2) is 8.78 Å². The van der Waals surface area contributed by atoms with Crippen LogP contribution in [0.5, 0.6) is 0 Å². The summed E-state index contributed by atoms with van der Waals surface area (Å²) in [6.45, 7) is 1.27. The van der Waals surface area contributed by atoms with Crippen molar-refractivity contribution in [3.8, 4) is 0 Å². The third kappa shape index (κ3) is 4.53.